The second-order valence-corrected chi connectivity index (χ2v) is 7.69. The van der Waals surface area contributed by atoms with Crippen molar-refractivity contribution in [2.75, 3.05) is 20.1 Å². The second-order valence-electron chi connectivity index (χ2n) is 7.69. The number of likely N-dealkylation sites (tertiary alicyclic amines) is 1. The van der Waals surface area contributed by atoms with Crippen molar-refractivity contribution in [1.82, 2.24) is 4.90 Å². The fraction of sp³-hybridized carbons (Fsp3) is 0.280. The third-order valence-electron chi connectivity index (χ3n) is 6.24. The van der Waals surface area contributed by atoms with Crippen LogP contribution in [0.5, 0.6) is 0 Å². The van der Waals surface area contributed by atoms with Gasteiger partial charge in [-0.1, -0.05) is 91.0 Å². The van der Waals surface area contributed by atoms with Crippen LogP contribution in [0, 0.1) is 0 Å². The molecule has 0 unspecified atom stereocenters. The van der Waals surface area contributed by atoms with E-state index in [0.717, 1.165) is 37.1 Å². The summed E-state index contributed by atoms with van der Waals surface area (Å²) >= 11 is 0. The molecular formula is C25H27NO. The Morgan fingerprint density at radius 3 is 1.56 bits per heavy atom. The Morgan fingerprint density at radius 2 is 1.11 bits per heavy atom. The first-order valence-corrected chi connectivity index (χ1v) is 9.74. The summed E-state index contributed by atoms with van der Waals surface area (Å²) in [7, 11) is 2.17. The summed E-state index contributed by atoms with van der Waals surface area (Å²) < 4.78 is 0. The summed E-state index contributed by atoms with van der Waals surface area (Å²) in [5.74, 6) is 0. The predicted octanol–water partition coefficient (Wildman–Crippen LogP) is 4.59. The summed E-state index contributed by atoms with van der Waals surface area (Å²) in [6, 6.07) is 31.0. The van der Waals surface area contributed by atoms with Crippen LogP contribution >= 0.6 is 0 Å². The maximum atomic E-state index is 12.6. The average Bonchev–Trinajstić information content (AvgIpc) is 2.76. The Morgan fingerprint density at radius 1 is 0.704 bits per heavy atom. The van der Waals surface area contributed by atoms with E-state index in [1.807, 2.05) is 36.4 Å². The summed E-state index contributed by atoms with van der Waals surface area (Å²) in [6.07, 6.45) is 1.82. The van der Waals surface area contributed by atoms with Gasteiger partial charge in [-0.3, -0.25) is 0 Å². The quantitative estimate of drug-likeness (QED) is 0.738. The van der Waals surface area contributed by atoms with Crippen molar-refractivity contribution >= 4 is 0 Å². The molecule has 1 fully saturated rings. The van der Waals surface area contributed by atoms with Crippen molar-refractivity contribution in [2.45, 2.75) is 23.9 Å². The van der Waals surface area contributed by atoms with Gasteiger partial charge in [-0.2, -0.15) is 0 Å². The number of benzene rings is 3. The molecular weight excluding hydrogens is 330 g/mol. The molecule has 0 amide bonds. The molecule has 0 aromatic heterocycles. The number of nitrogens with zero attached hydrogens (tertiary/aromatic N) is 1. The lowest BCUT2D eigenvalue weighted by molar-refractivity contribution is -0.0382. The predicted molar refractivity (Wildman–Crippen MR) is 111 cm³/mol. The molecule has 0 radical (unpaired) electrons. The lowest BCUT2D eigenvalue weighted by Crippen LogP contribution is -2.55. The van der Waals surface area contributed by atoms with Gasteiger partial charge in [-0.05, 0) is 49.7 Å². The Hall–Kier alpha value is -2.42. The van der Waals surface area contributed by atoms with Crippen LogP contribution in [0.3, 0.4) is 0 Å². The van der Waals surface area contributed by atoms with Crippen molar-refractivity contribution in [3.8, 4) is 0 Å². The van der Waals surface area contributed by atoms with E-state index in [0.29, 0.717) is 0 Å². The highest BCUT2D eigenvalue weighted by atomic mass is 16.3. The van der Waals surface area contributed by atoms with Crippen molar-refractivity contribution in [3.63, 3.8) is 0 Å². The van der Waals surface area contributed by atoms with E-state index in [4.69, 9.17) is 0 Å². The Balaban J connectivity index is 1.98. The molecule has 1 saturated heterocycles. The van der Waals surface area contributed by atoms with Gasteiger partial charge in [0.15, 0.2) is 0 Å². The largest absolute Gasteiger partial charge is 0.379 e. The highest BCUT2D eigenvalue weighted by molar-refractivity contribution is 5.46. The highest BCUT2D eigenvalue weighted by Gasteiger charge is 2.54. The van der Waals surface area contributed by atoms with Crippen LogP contribution in [0.1, 0.15) is 29.5 Å². The van der Waals surface area contributed by atoms with Gasteiger partial charge in [0.1, 0.15) is 5.60 Å². The minimum atomic E-state index is -1.09. The fourth-order valence-electron chi connectivity index (χ4n) is 4.69. The van der Waals surface area contributed by atoms with Crippen molar-refractivity contribution in [1.29, 1.82) is 0 Å². The fourth-order valence-corrected chi connectivity index (χ4v) is 4.69. The van der Waals surface area contributed by atoms with Crippen LogP contribution in [-0.4, -0.2) is 30.1 Å². The molecule has 0 aliphatic carbocycles. The highest BCUT2D eigenvalue weighted by Crippen LogP contribution is 2.52. The molecule has 0 spiro atoms. The summed E-state index contributed by atoms with van der Waals surface area (Å²) in [6.45, 7) is 1.94. The molecule has 1 N–H and O–H groups in total. The van der Waals surface area contributed by atoms with E-state index in [-0.39, 0.29) is 5.41 Å². The molecule has 0 saturated carbocycles. The molecule has 4 rings (SSSR count). The third-order valence-corrected chi connectivity index (χ3v) is 6.24. The van der Waals surface area contributed by atoms with Gasteiger partial charge in [0.25, 0.3) is 0 Å². The first-order chi connectivity index (χ1) is 13.2. The van der Waals surface area contributed by atoms with Gasteiger partial charge >= 0.3 is 0 Å². The van der Waals surface area contributed by atoms with E-state index >= 15 is 0 Å². The van der Waals surface area contributed by atoms with Crippen molar-refractivity contribution in [2.24, 2.45) is 0 Å². The SMILES string of the molecule is CN1CCC(c2ccccc2)(C(O)(c2ccccc2)c2ccccc2)CC1. The normalized spacial score (nSPS) is 17.6. The molecule has 27 heavy (non-hydrogen) atoms. The van der Waals surface area contributed by atoms with Gasteiger partial charge < -0.3 is 10.0 Å². The van der Waals surface area contributed by atoms with Gasteiger partial charge in [-0.25, -0.2) is 0 Å². The first kappa shape index (κ1) is 18.0. The molecule has 1 aliphatic rings. The van der Waals surface area contributed by atoms with Crippen LogP contribution in [0.2, 0.25) is 0 Å². The maximum Gasteiger partial charge on any atom is 0.124 e. The summed E-state index contributed by atoms with van der Waals surface area (Å²) in [5, 5.41) is 12.6. The Kier molecular flexibility index (Phi) is 4.86. The second kappa shape index (κ2) is 7.30. The standard InChI is InChI=1S/C25H27NO/c1-26-19-17-24(18-20-26,21-11-5-2-6-12-21)25(27,22-13-7-3-8-14-22)23-15-9-4-10-16-23/h2-16,27H,17-20H2,1H3. The smallest absolute Gasteiger partial charge is 0.124 e. The molecule has 2 heteroatoms. The minimum absolute atomic E-state index is 0.372. The zero-order valence-electron chi connectivity index (χ0n) is 15.9. The summed E-state index contributed by atoms with van der Waals surface area (Å²) in [5.41, 5.74) is 1.68. The lowest BCUT2D eigenvalue weighted by Gasteiger charge is -2.52. The zero-order valence-corrected chi connectivity index (χ0v) is 15.9. The molecule has 1 aliphatic heterocycles. The lowest BCUT2D eigenvalue weighted by atomic mass is 9.57. The molecule has 2 nitrogen and oxygen atoms in total. The number of hydrogen-bond donors (Lipinski definition) is 1. The summed E-state index contributed by atoms with van der Waals surface area (Å²) in [4.78, 5) is 2.36. The van der Waals surface area contributed by atoms with Crippen LogP contribution in [-0.2, 0) is 11.0 Å². The molecule has 1 heterocycles. The van der Waals surface area contributed by atoms with Crippen LogP contribution in [0.15, 0.2) is 91.0 Å². The van der Waals surface area contributed by atoms with E-state index < -0.39 is 5.60 Å². The average molecular weight is 357 g/mol. The zero-order chi connectivity index (χ0) is 18.7. The Labute approximate surface area is 162 Å². The van der Waals surface area contributed by atoms with Crippen molar-refractivity contribution < 1.29 is 5.11 Å². The molecule has 3 aromatic rings. The van der Waals surface area contributed by atoms with Crippen LogP contribution in [0.4, 0.5) is 0 Å². The Bertz CT molecular complexity index is 813. The minimum Gasteiger partial charge on any atom is -0.379 e. The van der Waals surface area contributed by atoms with E-state index in [1.165, 1.54) is 5.56 Å². The van der Waals surface area contributed by atoms with Crippen molar-refractivity contribution in [3.05, 3.63) is 108 Å². The number of aliphatic hydroxyl groups is 1. The van der Waals surface area contributed by atoms with Gasteiger partial charge in [0.2, 0.25) is 0 Å². The monoisotopic (exact) mass is 357 g/mol. The third kappa shape index (κ3) is 2.99. The molecule has 0 bridgehead atoms. The van der Waals surface area contributed by atoms with Gasteiger partial charge in [0.05, 0.1) is 0 Å². The number of hydrogen-bond acceptors (Lipinski definition) is 2. The van der Waals surface area contributed by atoms with Gasteiger partial charge in [0, 0.05) is 5.41 Å². The van der Waals surface area contributed by atoms with Crippen LogP contribution < -0.4 is 0 Å². The molecule has 3 aromatic carbocycles. The topological polar surface area (TPSA) is 23.5 Å². The van der Waals surface area contributed by atoms with E-state index in [2.05, 4.69) is 66.5 Å². The number of rotatable bonds is 4. The molecule has 138 valence electrons. The van der Waals surface area contributed by atoms with Crippen LogP contribution in [0.25, 0.3) is 0 Å². The molecule has 0 atom stereocenters. The first-order valence-electron chi connectivity index (χ1n) is 9.74. The van der Waals surface area contributed by atoms with Gasteiger partial charge in [-0.15, -0.1) is 0 Å². The maximum absolute atomic E-state index is 12.6. The van der Waals surface area contributed by atoms with E-state index in [1.54, 1.807) is 0 Å². The van der Waals surface area contributed by atoms with E-state index in [9.17, 15) is 5.11 Å². The number of piperidine rings is 1.